The summed E-state index contributed by atoms with van der Waals surface area (Å²) in [7, 11) is 0. The van der Waals surface area contributed by atoms with Crippen LogP contribution < -0.4 is 15.4 Å². The molecule has 1 aliphatic heterocycles. The van der Waals surface area contributed by atoms with Gasteiger partial charge in [0.1, 0.15) is 12.4 Å². The number of fused-ring (bicyclic) bond motifs is 1. The number of benzene rings is 1. The molecule has 0 saturated heterocycles. The number of hydrogen-bond donors (Lipinski definition) is 2. The predicted molar refractivity (Wildman–Crippen MR) is 78.0 cm³/mol. The zero-order chi connectivity index (χ0) is 13.8. The van der Waals surface area contributed by atoms with Gasteiger partial charge in [-0.3, -0.25) is 4.79 Å². The smallest absolute Gasteiger partial charge is 0.222 e. The molecule has 1 amide bonds. The number of carbonyl (C=O) groups excluding carboxylic acids is 1. The van der Waals surface area contributed by atoms with Crippen molar-refractivity contribution < 1.29 is 9.53 Å². The van der Waals surface area contributed by atoms with Crippen molar-refractivity contribution in [1.82, 2.24) is 10.6 Å². The molecule has 0 radical (unpaired) electrons. The van der Waals surface area contributed by atoms with Crippen LogP contribution in [0.4, 0.5) is 0 Å². The van der Waals surface area contributed by atoms with E-state index < -0.39 is 0 Å². The Morgan fingerprint density at radius 1 is 1.53 bits per heavy atom. The van der Waals surface area contributed by atoms with E-state index in [-0.39, 0.29) is 11.8 Å². The Morgan fingerprint density at radius 3 is 3.05 bits per heavy atom. The second-order valence-electron chi connectivity index (χ2n) is 4.95. The van der Waals surface area contributed by atoms with E-state index in [1.807, 2.05) is 19.9 Å². The molecule has 0 aromatic heterocycles. The van der Waals surface area contributed by atoms with Crippen LogP contribution in [0, 0.1) is 5.92 Å². The lowest BCUT2D eigenvalue weighted by atomic mass is 10.1. The fourth-order valence-electron chi connectivity index (χ4n) is 1.99. The van der Waals surface area contributed by atoms with Gasteiger partial charge in [-0.15, -0.1) is 0 Å². The third-order valence-electron chi connectivity index (χ3n) is 3.03. The number of halogens is 1. The molecule has 1 aromatic rings. The van der Waals surface area contributed by atoms with E-state index >= 15 is 0 Å². The Morgan fingerprint density at radius 2 is 2.32 bits per heavy atom. The third-order valence-corrected chi connectivity index (χ3v) is 3.48. The molecule has 0 aliphatic carbocycles. The lowest BCUT2D eigenvalue weighted by molar-refractivity contribution is -0.124. The fourth-order valence-corrected chi connectivity index (χ4v) is 2.55. The first-order valence-electron chi connectivity index (χ1n) is 6.50. The molecule has 0 fully saturated rings. The predicted octanol–water partition coefficient (Wildman–Crippen LogP) is 2.20. The van der Waals surface area contributed by atoms with Gasteiger partial charge in [0.2, 0.25) is 5.91 Å². The molecule has 0 bridgehead atoms. The maximum Gasteiger partial charge on any atom is 0.222 e. The van der Waals surface area contributed by atoms with Crippen LogP contribution in [0.5, 0.6) is 5.75 Å². The molecule has 0 spiro atoms. The quantitative estimate of drug-likeness (QED) is 0.895. The van der Waals surface area contributed by atoms with Crippen LogP contribution in [0.15, 0.2) is 16.6 Å². The number of hydrogen-bond acceptors (Lipinski definition) is 3. The van der Waals surface area contributed by atoms with Crippen LogP contribution in [0.1, 0.15) is 25.0 Å². The van der Waals surface area contributed by atoms with Gasteiger partial charge in [0, 0.05) is 41.2 Å². The number of amides is 1. The summed E-state index contributed by atoms with van der Waals surface area (Å²) in [5.74, 6) is 0.950. The molecule has 1 aliphatic rings. The summed E-state index contributed by atoms with van der Waals surface area (Å²) in [4.78, 5) is 11.7. The van der Waals surface area contributed by atoms with Crippen LogP contribution in [0.3, 0.4) is 0 Å². The van der Waals surface area contributed by atoms with Crippen molar-refractivity contribution in [3.8, 4) is 5.75 Å². The molecule has 19 heavy (non-hydrogen) atoms. The monoisotopic (exact) mass is 326 g/mol. The summed E-state index contributed by atoms with van der Waals surface area (Å²) < 4.78 is 6.80. The first-order chi connectivity index (χ1) is 9.08. The maximum atomic E-state index is 11.7. The van der Waals surface area contributed by atoms with Crippen LogP contribution in [-0.2, 0) is 17.9 Å². The van der Waals surface area contributed by atoms with Crippen molar-refractivity contribution in [2.45, 2.75) is 26.9 Å². The Hall–Kier alpha value is -1.07. The second kappa shape index (κ2) is 6.39. The first kappa shape index (κ1) is 14.3. The summed E-state index contributed by atoms with van der Waals surface area (Å²) in [6.45, 7) is 6.55. The molecule has 2 N–H and O–H groups in total. The Kier molecular flexibility index (Phi) is 4.82. The number of ether oxygens (including phenoxy) is 1. The van der Waals surface area contributed by atoms with E-state index in [0.717, 1.165) is 34.4 Å². The molecule has 0 saturated carbocycles. The first-order valence-corrected chi connectivity index (χ1v) is 7.29. The molecular weight excluding hydrogens is 308 g/mol. The molecule has 4 nitrogen and oxygen atoms in total. The minimum absolute atomic E-state index is 0.00616. The van der Waals surface area contributed by atoms with E-state index in [2.05, 4.69) is 32.6 Å². The van der Waals surface area contributed by atoms with Crippen molar-refractivity contribution in [3.63, 3.8) is 0 Å². The lowest BCUT2D eigenvalue weighted by Crippen LogP contribution is -2.27. The van der Waals surface area contributed by atoms with Crippen LogP contribution >= 0.6 is 15.9 Å². The van der Waals surface area contributed by atoms with Gasteiger partial charge < -0.3 is 15.4 Å². The van der Waals surface area contributed by atoms with Gasteiger partial charge in [0.05, 0.1) is 0 Å². The highest BCUT2D eigenvalue weighted by atomic mass is 79.9. The van der Waals surface area contributed by atoms with Gasteiger partial charge in [-0.2, -0.15) is 0 Å². The number of rotatable bonds is 3. The van der Waals surface area contributed by atoms with E-state index in [1.54, 1.807) is 0 Å². The van der Waals surface area contributed by atoms with Crippen molar-refractivity contribution in [1.29, 1.82) is 0 Å². The summed E-state index contributed by atoms with van der Waals surface area (Å²) in [5.41, 5.74) is 2.14. The van der Waals surface area contributed by atoms with Gasteiger partial charge in [0.15, 0.2) is 0 Å². The molecule has 1 aromatic carbocycles. The van der Waals surface area contributed by atoms with Crippen LogP contribution in [-0.4, -0.2) is 19.1 Å². The zero-order valence-electron chi connectivity index (χ0n) is 11.3. The summed E-state index contributed by atoms with van der Waals surface area (Å²) in [6.07, 6.45) is 0. The largest absolute Gasteiger partial charge is 0.492 e. The van der Waals surface area contributed by atoms with E-state index in [0.29, 0.717) is 13.2 Å². The average molecular weight is 327 g/mol. The molecule has 5 heteroatoms. The van der Waals surface area contributed by atoms with E-state index in [1.165, 1.54) is 0 Å². The SMILES string of the molecule is CC(C)C(=O)NCc1cc(Br)cc2c1OCCNC2. The highest BCUT2D eigenvalue weighted by Crippen LogP contribution is 2.29. The summed E-state index contributed by atoms with van der Waals surface area (Å²) >= 11 is 3.51. The van der Waals surface area contributed by atoms with Gasteiger partial charge in [0.25, 0.3) is 0 Å². The topological polar surface area (TPSA) is 50.4 Å². The van der Waals surface area contributed by atoms with Gasteiger partial charge in [-0.05, 0) is 12.1 Å². The van der Waals surface area contributed by atoms with Crippen LogP contribution in [0.25, 0.3) is 0 Å². The normalized spacial score (nSPS) is 14.5. The Bertz CT molecular complexity index is 475. The highest BCUT2D eigenvalue weighted by Gasteiger charge is 2.15. The van der Waals surface area contributed by atoms with E-state index in [9.17, 15) is 4.79 Å². The van der Waals surface area contributed by atoms with Gasteiger partial charge >= 0.3 is 0 Å². The van der Waals surface area contributed by atoms with Crippen molar-refractivity contribution in [3.05, 3.63) is 27.7 Å². The lowest BCUT2D eigenvalue weighted by Gasteiger charge is -2.15. The van der Waals surface area contributed by atoms with E-state index in [4.69, 9.17) is 4.74 Å². The standard InChI is InChI=1S/C14H19BrN2O2/c1-9(2)14(18)17-8-11-6-12(15)5-10-7-16-3-4-19-13(10)11/h5-6,9,16H,3-4,7-8H2,1-2H3,(H,17,18). The minimum atomic E-state index is -0.00616. The molecule has 0 unspecified atom stereocenters. The molecule has 104 valence electrons. The minimum Gasteiger partial charge on any atom is -0.492 e. The summed E-state index contributed by atoms with van der Waals surface area (Å²) in [5, 5.41) is 6.24. The van der Waals surface area contributed by atoms with Crippen molar-refractivity contribution in [2.75, 3.05) is 13.2 Å². The number of carbonyl (C=O) groups is 1. The second-order valence-corrected chi connectivity index (χ2v) is 5.87. The molecule has 1 heterocycles. The van der Waals surface area contributed by atoms with Crippen molar-refractivity contribution in [2.24, 2.45) is 5.92 Å². The zero-order valence-corrected chi connectivity index (χ0v) is 12.8. The molecule has 2 rings (SSSR count). The summed E-state index contributed by atoms with van der Waals surface area (Å²) in [6, 6.07) is 4.06. The van der Waals surface area contributed by atoms with Crippen molar-refractivity contribution >= 4 is 21.8 Å². The van der Waals surface area contributed by atoms with Gasteiger partial charge in [-0.25, -0.2) is 0 Å². The third kappa shape index (κ3) is 3.70. The fraction of sp³-hybridized carbons (Fsp3) is 0.500. The average Bonchev–Trinajstić information content (AvgIpc) is 2.60. The molecule has 0 atom stereocenters. The number of nitrogens with one attached hydrogen (secondary N) is 2. The maximum absolute atomic E-state index is 11.7. The molecular formula is C14H19BrN2O2. The van der Waals surface area contributed by atoms with Gasteiger partial charge in [-0.1, -0.05) is 29.8 Å². The van der Waals surface area contributed by atoms with Crippen LogP contribution in [0.2, 0.25) is 0 Å². The Labute approximate surface area is 122 Å². The Balaban J connectivity index is 2.19. The highest BCUT2D eigenvalue weighted by molar-refractivity contribution is 9.10.